The third-order valence-electron chi connectivity index (χ3n) is 2.77. The van der Waals surface area contributed by atoms with E-state index in [0.717, 1.165) is 11.8 Å². The van der Waals surface area contributed by atoms with Crippen LogP contribution in [0.25, 0.3) is 0 Å². The second-order valence-corrected chi connectivity index (χ2v) is 5.15. The number of rotatable bonds is 5. The Kier molecular flexibility index (Phi) is 4.32. The fourth-order valence-corrected chi connectivity index (χ4v) is 2.79. The Morgan fingerprint density at radius 3 is 2.85 bits per heavy atom. The fourth-order valence-electron chi connectivity index (χ4n) is 1.77. The summed E-state index contributed by atoms with van der Waals surface area (Å²) in [6.07, 6.45) is 0.114. The Balaban J connectivity index is 2.08. The Labute approximate surface area is 118 Å². The maximum Gasteiger partial charge on any atom is 0.327 e. The van der Waals surface area contributed by atoms with Crippen molar-refractivity contribution >= 4 is 29.5 Å². The number of aromatic nitrogens is 4. The van der Waals surface area contributed by atoms with Gasteiger partial charge < -0.3 is 4.74 Å². The smallest absolute Gasteiger partial charge is 0.327 e. The molecule has 20 heavy (non-hydrogen) atoms. The third-order valence-corrected chi connectivity index (χ3v) is 3.93. The summed E-state index contributed by atoms with van der Waals surface area (Å²) in [7, 11) is 1.26. The van der Waals surface area contributed by atoms with E-state index in [4.69, 9.17) is 0 Å². The molecule has 10 heteroatoms. The summed E-state index contributed by atoms with van der Waals surface area (Å²) in [6.45, 7) is 1.95. The molecule has 1 fully saturated rings. The molecule has 2 rings (SSSR count). The zero-order valence-electron chi connectivity index (χ0n) is 11.0. The third kappa shape index (κ3) is 2.79. The van der Waals surface area contributed by atoms with E-state index in [1.165, 1.54) is 16.7 Å². The minimum atomic E-state index is -0.551. The lowest BCUT2D eigenvalue weighted by Crippen LogP contribution is -2.31. The predicted molar refractivity (Wildman–Crippen MR) is 66.5 cm³/mol. The van der Waals surface area contributed by atoms with Gasteiger partial charge in [-0.3, -0.25) is 19.3 Å². The number of carbonyl (C=O) groups excluding carboxylic acids is 3. The molecule has 1 saturated heterocycles. The standard InChI is InChI=1S/C10H13N5O4S/c1-3-14-7(16)4-6(9(14)18)20-10-11-12-13-15(10)5-8(17)19-2/h6H,3-5H2,1-2H3. The molecule has 0 spiro atoms. The molecule has 1 aliphatic heterocycles. The van der Waals surface area contributed by atoms with Crippen LogP contribution in [0.3, 0.4) is 0 Å². The number of hydrogen-bond donors (Lipinski definition) is 0. The summed E-state index contributed by atoms with van der Waals surface area (Å²) >= 11 is 1.07. The van der Waals surface area contributed by atoms with Crippen molar-refractivity contribution in [1.29, 1.82) is 0 Å². The minimum absolute atomic E-state index is 0.114. The van der Waals surface area contributed by atoms with Gasteiger partial charge in [-0.1, -0.05) is 11.8 Å². The normalized spacial score (nSPS) is 18.7. The van der Waals surface area contributed by atoms with Gasteiger partial charge in [-0.15, -0.1) is 5.10 Å². The van der Waals surface area contributed by atoms with Crippen LogP contribution in [0.2, 0.25) is 0 Å². The van der Waals surface area contributed by atoms with Crippen LogP contribution in [-0.4, -0.2) is 61.8 Å². The highest BCUT2D eigenvalue weighted by Crippen LogP contribution is 2.29. The van der Waals surface area contributed by atoms with E-state index in [0.29, 0.717) is 11.7 Å². The van der Waals surface area contributed by atoms with Crippen LogP contribution < -0.4 is 0 Å². The molecule has 1 atom stereocenters. The highest BCUT2D eigenvalue weighted by Gasteiger charge is 2.39. The highest BCUT2D eigenvalue weighted by molar-refractivity contribution is 8.00. The lowest BCUT2D eigenvalue weighted by Gasteiger charge is -2.11. The van der Waals surface area contributed by atoms with Gasteiger partial charge in [-0.2, -0.15) is 0 Å². The molecular weight excluding hydrogens is 286 g/mol. The Hall–Kier alpha value is -1.97. The van der Waals surface area contributed by atoms with Crippen LogP contribution >= 0.6 is 11.8 Å². The number of ether oxygens (including phenoxy) is 1. The summed E-state index contributed by atoms with van der Waals surface area (Å²) in [5.74, 6) is -0.958. The molecule has 0 radical (unpaired) electrons. The fraction of sp³-hybridized carbons (Fsp3) is 0.600. The SMILES string of the molecule is CCN1C(=O)CC(Sc2nnnn2CC(=O)OC)C1=O. The first kappa shape index (κ1) is 14.4. The highest BCUT2D eigenvalue weighted by atomic mass is 32.2. The van der Waals surface area contributed by atoms with Gasteiger partial charge in [0.05, 0.1) is 7.11 Å². The quantitative estimate of drug-likeness (QED) is 0.508. The molecule has 0 bridgehead atoms. The summed E-state index contributed by atoms with van der Waals surface area (Å²) < 4.78 is 5.77. The topological polar surface area (TPSA) is 107 Å². The van der Waals surface area contributed by atoms with Crippen molar-refractivity contribution < 1.29 is 19.1 Å². The number of amides is 2. The van der Waals surface area contributed by atoms with E-state index in [1.54, 1.807) is 6.92 Å². The van der Waals surface area contributed by atoms with Crippen molar-refractivity contribution in [2.24, 2.45) is 0 Å². The monoisotopic (exact) mass is 299 g/mol. The number of tetrazole rings is 1. The number of methoxy groups -OCH3 is 1. The van der Waals surface area contributed by atoms with Gasteiger partial charge in [-0.25, -0.2) is 4.68 Å². The second kappa shape index (κ2) is 5.99. The van der Waals surface area contributed by atoms with E-state index >= 15 is 0 Å². The Morgan fingerprint density at radius 2 is 2.25 bits per heavy atom. The van der Waals surface area contributed by atoms with E-state index in [2.05, 4.69) is 20.3 Å². The molecule has 1 aromatic rings. The maximum absolute atomic E-state index is 12.0. The number of esters is 1. The van der Waals surface area contributed by atoms with Gasteiger partial charge in [0.2, 0.25) is 17.0 Å². The number of likely N-dealkylation sites (tertiary alicyclic amines) is 1. The Morgan fingerprint density at radius 1 is 1.50 bits per heavy atom. The molecule has 108 valence electrons. The van der Waals surface area contributed by atoms with Crippen molar-refractivity contribution in [2.45, 2.75) is 30.3 Å². The van der Waals surface area contributed by atoms with Crippen LogP contribution in [-0.2, 0) is 25.7 Å². The van der Waals surface area contributed by atoms with Crippen molar-refractivity contribution in [3.63, 3.8) is 0 Å². The number of thioether (sulfide) groups is 1. The molecule has 0 saturated carbocycles. The zero-order valence-corrected chi connectivity index (χ0v) is 11.8. The van der Waals surface area contributed by atoms with Gasteiger partial charge >= 0.3 is 5.97 Å². The van der Waals surface area contributed by atoms with Crippen LogP contribution in [0, 0.1) is 0 Å². The van der Waals surface area contributed by atoms with E-state index in [-0.39, 0.29) is 24.8 Å². The summed E-state index contributed by atoms with van der Waals surface area (Å²) in [4.78, 5) is 36.0. The summed E-state index contributed by atoms with van der Waals surface area (Å²) in [6, 6.07) is 0. The van der Waals surface area contributed by atoms with Crippen molar-refractivity contribution in [3.8, 4) is 0 Å². The van der Waals surface area contributed by atoms with Gasteiger partial charge in [0.15, 0.2) is 0 Å². The lowest BCUT2D eigenvalue weighted by atomic mass is 10.4. The van der Waals surface area contributed by atoms with Crippen molar-refractivity contribution in [1.82, 2.24) is 25.1 Å². The summed E-state index contributed by atoms with van der Waals surface area (Å²) in [5, 5.41) is 10.6. The number of hydrogen-bond acceptors (Lipinski definition) is 8. The number of nitrogens with zero attached hydrogens (tertiary/aromatic N) is 5. The zero-order chi connectivity index (χ0) is 14.7. The average Bonchev–Trinajstić information content (AvgIpc) is 2.96. The molecular formula is C10H13N5O4S. The van der Waals surface area contributed by atoms with Crippen LogP contribution in [0.5, 0.6) is 0 Å². The molecule has 2 amide bonds. The Bertz CT molecular complexity index is 546. The summed E-state index contributed by atoms with van der Waals surface area (Å²) in [5.41, 5.74) is 0. The first-order valence-electron chi connectivity index (χ1n) is 5.90. The van der Waals surface area contributed by atoms with Crippen LogP contribution in [0.1, 0.15) is 13.3 Å². The lowest BCUT2D eigenvalue weighted by molar-refractivity contribution is -0.142. The maximum atomic E-state index is 12.0. The van der Waals surface area contributed by atoms with Crippen LogP contribution in [0.15, 0.2) is 5.16 Å². The van der Waals surface area contributed by atoms with E-state index < -0.39 is 11.2 Å². The molecule has 0 aliphatic carbocycles. The molecule has 9 nitrogen and oxygen atoms in total. The van der Waals surface area contributed by atoms with Gasteiger partial charge in [0.1, 0.15) is 11.8 Å². The van der Waals surface area contributed by atoms with E-state index in [1.807, 2.05) is 0 Å². The second-order valence-electron chi connectivity index (χ2n) is 3.98. The first-order valence-corrected chi connectivity index (χ1v) is 6.78. The first-order chi connectivity index (χ1) is 9.56. The largest absolute Gasteiger partial charge is 0.468 e. The predicted octanol–water partition coefficient (Wildman–Crippen LogP) is -0.914. The molecule has 1 aliphatic rings. The molecule has 2 heterocycles. The molecule has 0 aromatic carbocycles. The molecule has 1 unspecified atom stereocenters. The number of imide groups is 1. The van der Waals surface area contributed by atoms with Gasteiger partial charge in [-0.05, 0) is 17.4 Å². The van der Waals surface area contributed by atoms with Crippen molar-refractivity contribution in [2.75, 3.05) is 13.7 Å². The molecule has 1 aromatic heterocycles. The van der Waals surface area contributed by atoms with E-state index in [9.17, 15) is 14.4 Å². The van der Waals surface area contributed by atoms with Crippen LogP contribution in [0.4, 0.5) is 0 Å². The van der Waals surface area contributed by atoms with Crippen molar-refractivity contribution in [3.05, 3.63) is 0 Å². The van der Waals surface area contributed by atoms with Gasteiger partial charge in [0, 0.05) is 13.0 Å². The average molecular weight is 299 g/mol. The molecule has 0 N–H and O–H groups in total. The van der Waals surface area contributed by atoms with Gasteiger partial charge in [0.25, 0.3) is 0 Å². The minimum Gasteiger partial charge on any atom is -0.468 e. The number of carbonyl (C=O) groups is 3.